The lowest BCUT2D eigenvalue weighted by molar-refractivity contribution is -0.384. The highest BCUT2D eigenvalue weighted by Crippen LogP contribution is 2.34. The fourth-order valence-electron chi connectivity index (χ4n) is 2.62. The van der Waals surface area contributed by atoms with E-state index in [9.17, 15) is 14.9 Å². The van der Waals surface area contributed by atoms with Crippen LogP contribution in [-0.2, 0) is 4.79 Å². The topological polar surface area (TPSA) is 91.1 Å². The van der Waals surface area contributed by atoms with Gasteiger partial charge in [0.15, 0.2) is 11.5 Å². The molecule has 0 unspecified atom stereocenters. The van der Waals surface area contributed by atoms with Crippen molar-refractivity contribution in [3.05, 3.63) is 63.0 Å². The van der Waals surface area contributed by atoms with Gasteiger partial charge in [-0.05, 0) is 24.3 Å². The first-order valence-electron chi connectivity index (χ1n) is 8.79. The zero-order valence-corrected chi connectivity index (χ0v) is 17.8. The molecule has 30 heavy (non-hydrogen) atoms. The number of para-hydroxylation sites is 2. The first kappa shape index (κ1) is 21.6. The van der Waals surface area contributed by atoms with Crippen molar-refractivity contribution in [3.63, 3.8) is 0 Å². The molecule has 8 nitrogen and oxygen atoms in total. The second kappa shape index (κ2) is 9.59. The molecule has 0 N–H and O–H groups in total. The van der Waals surface area contributed by atoms with Crippen molar-refractivity contribution in [2.45, 2.75) is 0 Å². The molecule has 1 aliphatic rings. The first-order valence-corrected chi connectivity index (χ1v) is 10.0. The van der Waals surface area contributed by atoms with E-state index in [1.807, 2.05) is 12.1 Å². The smallest absolute Gasteiger partial charge is 0.270 e. The van der Waals surface area contributed by atoms with Crippen LogP contribution in [0.1, 0.15) is 5.56 Å². The number of nitro groups is 1. The van der Waals surface area contributed by atoms with E-state index in [0.717, 1.165) is 11.8 Å². The maximum absolute atomic E-state index is 12.3. The van der Waals surface area contributed by atoms with Gasteiger partial charge in [-0.15, -0.1) is 0 Å². The molecule has 0 aliphatic carbocycles. The molecular weight excluding hydrogens is 428 g/mol. The molecule has 10 heteroatoms. The zero-order valence-electron chi connectivity index (χ0n) is 16.2. The number of carbonyl (C=O) groups excluding carboxylic acids is 1. The number of amides is 1. The molecule has 1 saturated heterocycles. The average Bonchev–Trinajstić information content (AvgIpc) is 2.98. The number of hydrogen-bond acceptors (Lipinski definition) is 8. The Morgan fingerprint density at radius 1 is 1.13 bits per heavy atom. The molecule has 0 bridgehead atoms. The largest absolute Gasteiger partial charge is 0.493 e. The highest BCUT2D eigenvalue weighted by atomic mass is 32.2. The molecule has 1 heterocycles. The predicted octanol–water partition coefficient (Wildman–Crippen LogP) is 3.89. The van der Waals surface area contributed by atoms with Crippen LogP contribution in [-0.4, -0.2) is 47.4 Å². The second-order valence-electron chi connectivity index (χ2n) is 6.07. The van der Waals surface area contributed by atoms with E-state index < -0.39 is 4.92 Å². The average molecular weight is 447 g/mol. The molecule has 2 aromatic rings. The molecule has 156 valence electrons. The Labute approximate surface area is 182 Å². The predicted molar refractivity (Wildman–Crippen MR) is 118 cm³/mol. The Hall–Kier alpha value is -3.11. The van der Waals surface area contributed by atoms with Gasteiger partial charge in [0.1, 0.15) is 23.3 Å². The summed E-state index contributed by atoms with van der Waals surface area (Å²) in [6.07, 6.45) is 1.55. The summed E-state index contributed by atoms with van der Waals surface area (Å²) in [5, 5.41) is 11.2. The van der Waals surface area contributed by atoms with E-state index >= 15 is 0 Å². The molecule has 0 radical (unpaired) electrons. The van der Waals surface area contributed by atoms with Crippen LogP contribution >= 0.6 is 24.0 Å². The van der Waals surface area contributed by atoms with Crippen molar-refractivity contribution < 1.29 is 23.9 Å². The summed E-state index contributed by atoms with van der Waals surface area (Å²) in [4.78, 5) is 24.7. The van der Waals surface area contributed by atoms with Gasteiger partial charge >= 0.3 is 0 Å². The van der Waals surface area contributed by atoms with Gasteiger partial charge in [-0.1, -0.05) is 36.1 Å². The molecule has 1 aliphatic heterocycles. The number of nitro benzene ring substituents is 1. The van der Waals surface area contributed by atoms with E-state index in [1.165, 1.54) is 23.1 Å². The highest BCUT2D eigenvalue weighted by Gasteiger charge is 2.29. The van der Waals surface area contributed by atoms with Gasteiger partial charge in [0.2, 0.25) is 0 Å². The summed E-state index contributed by atoms with van der Waals surface area (Å²) in [6.45, 7) is 0.416. The molecule has 3 rings (SSSR count). The van der Waals surface area contributed by atoms with Crippen molar-refractivity contribution >= 4 is 46.0 Å². The Balaban J connectivity index is 1.75. The standard InChI is InChI=1S/C20H18N2O6S2/c1-21-19(23)18(30-20(21)29)12-13-11-14(22(24)25)7-8-15(13)27-9-10-28-17-6-4-3-5-16(17)26-2/h3-8,11-12H,9-10H2,1-2H3. The number of carbonyl (C=O) groups is 1. The molecule has 1 amide bonds. The minimum Gasteiger partial charge on any atom is -0.493 e. The van der Waals surface area contributed by atoms with Crippen LogP contribution in [0.5, 0.6) is 17.2 Å². The van der Waals surface area contributed by atoms with Gasteiger partial charge in [0.25, 0.3) is 11.6 Å². The molecule has 0 atom stereocenters. The number of non-ortho nitro benzene ring substituents is 1. The monoisotopic (exact) mass is 446 g/mol. The van der Waals surface area contributed by atoms with Gasteiger partial charge in [0, 0.05) is 24.7 Å². The second-order valence-corrected chi connectivity index (χ2v) is 7.74. The lowest BCUT2D eigenvalue weighted by Crippen LogP contribution is -2.22. The SMILES string of the molecule is COc1ccccc1OCCOc1ccc([N+](=O)[O-])cc1C=C1SC(=S)N(C)C1=O. The molecule has 2 aromatic carbocycles. The number of thioether (sulfide) groups is 1. The third-order valence-corrected chi connectivity index (χ3v) is 5.63. The maximum Gasteiger partial charge on any atom is 0.270 e. The Morgan fingerprint density at radius 3 is 2.40 bits per heavy atom. The van der Waals surface area contributed by atoms with E-state index in [0.29, 0.717) is 32.0 Å². The van der Waals surface area contributed by atoms with Crippen molar-refractivity contribution in [3.8, 4) is 17.2 Å². The van der Waals surface area contributed by atoms with E-state index in [2.05, 4.69) is 0 Å². The highest BCUT2D eigenvalue weighted by molar-refractivity contribution is 8.26. The molecular formula is C20H18N2O6S2. The van der Waals surface area contributed by atoms with Gasteiger partial charge in [-0.3, -0.25) is 19.8 Å². The van der Waals surface area contributed by atoms with Crippen LogP contribution in [0.25, 0.3) is 6.08 Å². The number of thiocarbonyl (C=S) groups is 1. The summed E-state index contributed by atoms with van der Waals surface area (Å²) in [7, 11) is 3.14. The van der Waals surface area contributed by atoms with Crippen molar-refractivity contribution in [2.24, 2.45) is 0 Å². The number of methoxy groups -OCH3 is 1. The van der Waals surface area contributed by atoms with Gasteiger partial charge in [0.05, 0.1) is 16.9 Å². The van der Waals surface area contributed by atoms with Gasteiger partial charge < -0.3 is 14.2 Å². The van der Waals surface area contributed by atoms with Crippen LogP contribution in [0.2, 0.25) is 0 Å². The lowest BCUT2D eigenvalue weighted by atomic mass is 10.1. The Kier molecular flexibility index (Phi) is 6.91. The summed E-state index contributed by atoms with van der Waals surface area (Å²) in [5.41, 5.74) is 0.307. The van der Waals surface area contributed by atoms with Crippen LogP contribution in [0.4, 0.5) is 5.69 Å². The normalized spacial score (nSPS) is 14.9. The quantitative estimate of drug-likeness (QED) is 0.198. The number of likely N-dealkylation sites (N-methyl/N-ethyl adjacent to an activating group) is 1. The fraction of sp³-hybridized carbons (Fsp3) is 0.200. The van der Waals surface area contributed by atoms with Crippen LogP contribution < -0.4 is 14.2 Å². The Bertz CT molecular complexity index is 1020. The minimum atomic E-state index is -0.503. The minimum absolute atomic E-state index is 0.106. The zero-order chi connectivity index (χ0) is 21.7. The molecule has 0 spiro atoms. The summed E-state index contributed by atoms with van der Waals surface area (Å²) in [5.74, 6) is 1.32. The van der Waals surface area contributed by atoms with Crippen LogP contribution in [0.3, 0.4) is 0 Å². The molecule has 0 aromatic heterocycles. The van der Waals surface area contributed by atoms with E-state index in [1.54, 1.807) is 32.4 Å². The van der Waals surface area contributed by atoms with Crippen LogP contribution in [0.15, 0.2) is 47.4 Å². The third-order valence-electron chi connectivity index (χ3n) is 4.14. The fourth-order valence-corrected chi connectivity index (χ4v) is 3.79. The summed E-state index contributed by atoms with van der Waals surface area (Å²) < 4.78 is 17.1. The van der Waals surface area contributed by atoms with E-state index in [-0.39, 0.29) is 24.8 Å². The molecule has 0 saturated carbocycles. The number of rotatable bonds is 8. The molecule has 1 fully saturated rings. The number of ether oxygens (including phenoxy) is 3. The van der Waals surface area contributed by atoms with Crippen molar-refractivity contribution in [1.29, 1.82) is 0 Å². The Morgan fingerprint density at radius 2 is 1.80 bits per heavy atom. The number of hydrogen-bond donors (Lipinski definition) is 0. The van der Waals surface area contributed by atoms with Crippen molar-refractivity contribution in [2.75, 3.05) is 27.4 Å². The number of nitrogens with zero attached hydrogens (tertiary/aromatic N) is 2. The van der Waals surface area contributed by atoms with Crippen molar-refractivity contribution in [1.82, 2.24) is 4.90 Å². The summed E-state index contributed by atoms with van der Waals surface area (Å²) >= 11 is 6.26. The van der Waals surface area contributed by atoms with Gasteiger partial charge in [-0.2, -0.15) is 0 Å². The van der Waals surface area contributed by atoms with Gasteiger partial charge in [-0.25, -0.2) is 0 Å². The maximum atomic E-state index is 12.3. The number of benzene rings is 2. The summed E-state index contributed by atoms with van der Waals surface area (Å²) in [6, 6.07) is 11.4. The third kappa shape index (κ3) is 4.89. The lowest BCUT2D eigenvalue weighted by Gasteiger charge is -2.12. The van der Waals surface area contributed by atoms with E-state index in [4.69, 9.17) is 26.4 Å². The first-order chi connectivity index (χ1) is 14.4. The van der Waals surface area contributed by atoms with Crippen LogP contribution in [0, 0.1) is 10.1 Å².